The van der Waals surface area contributed by atoms with Crippen LogP contribution in [0.3, 0.4) is 0 Å². The van der Waals surface area contributed by atoms with Crippen molar-refractivity contribution >= 4 is 15.9 Å². The van der Waals surface area contributed by atoms with Crippen LogP contribution < -0.4 is 5.73 Å². The predicted octanol–water partition coefficient (Wildman–Crippen LogP) is 1.78. The molecule has 72 valence electrons. The van der Waals surface area contributed by atoms with E-state index in [0.717, 1.165) is 17.3 Å². The summed E-state index contributed by atoms with van der Waals surface area (Å²) in [6.07, 6.45) is 5.29. The van der Waals surface area contributed by atoms with E-state index in [-0.39, 0.29) is 0 Å². The molecule has 4 heteroatoms. The Morgan fingerprint density at radius 2 is 2.38 bits per heavy atom. The van der Waals surface area contributed by atoms with Crippen LogP contribution >= 0.6 is 15.9 Å². The molecule has 1 aromatic rings. The lowest BCUT2D eigenvalue weighted by Crippen LogP contribution is -2.15. The molecule has 0 radical (unpaired) electrons. The van der Waals surface area contributed by atoms with Gasteiger partial charge in [0.25, 0.3) is 0 Å². The van der Waals surface area contributed by atoms with Gasteiger partial charge in [-0.3, -0.25) is 4.68 Å². The number of nitrogens with zero attached hydrogens (tertiary/aromatic N) is 2. The van der Waals surface area contributed by atoms with Crippen LogP contribution in [0, 0.1) is 0 Å². The van der Waals surface area contributed by atoms with E-state index in [2.05, 4.69) is 21.0 Å². The lowest BCUT2D eigenvalue weighted by atomic mass is 10.0. The second-order valence-electron chi connectivity index (χ2n) is 3.77. The Morgan fingerprint density at radius 1 is 1.62 bits per heavy atom. The topological polar surface area (TPSA) is 43.8 Å². The molecule has 1 fully saturated rings. The predicted molar refractivity (Wildman–Crippen MR) is 55.5 cm³/mol. The van der Waals surface area contributed by atoms with Crippen LogP contribution in [0.4, 0.5) is 0 Å². The van der Waals surface area contributed by atoms with Crippen molar-refractivity contribution in [2.45, 2.75) is 31.2 Å². The fourth-order valence-electron chi connectivity index (χ4n) is 2.14. The molecule has 2 atom stereocenters. The Morgan fingerprint density at radius 3 is 2.85 bits per heavy atom. The first-order chi connectivity index (χ1) is 6.18. The quantitative estimate of drug-likeness (QED) is 0.818. The van der Waals surface area contributed by atoms with Crippen molar-refractivity contribution in [3.63, 3.8) is 0 Å². The number of halogens is 1. The maximum absolute atomic E-state index is 5.89. The average Bonchev–Trinajstić information content (AvgIpc) is 2.60. The Balaban J connectivity index is 2.25. The van der Waals surface area contributed by atoms with Gasteiger partial charge in [0.05, 0.1) is 16.4 Å². The first-order valence-electron chi connectivity index (χ1n) is 4.61. The van der Waals surface area contributed by atoms with E-state index in [1.54, 1.807) is 0 Å². The fourth-order valence-corrected chi connectivity index (χ4v) is 2.82. The molecule has 0 saturated heterocycles. The van der Waals surface area contributed by atoms with Crippen LogP contribution in [-0.2, 0) is 7.05 Å². The van der Waals surface area contributed by atoms with Crippen LogP contribution in [0.25, 0.3) is 0 Å². The van der Waals surface area contributed by atoms with Gasteiger partial charge in [0.15, 0.2) is 0 Å². The summed E-state index contributed by atoms with van der Waals surface area (Å²) >= 11 is 3.52. The van der Waals surface area contributed by atoms with E-state index in [1.165, 1.54) is 12.1 Å². The highest BCUT2D eigenvalue weighted by atomic mass is 79.9. The van der Waals surface area contributed by atoms with E-state index in [9.17, 15) is 0 Å². The number of rotatable bonds is 1. The summed E-state index contributed by atoms with van der Waals surface area (Å²) in [7, 11) is 1.99. The summed E-state index contributed by atoms with van der Waals surface area (Å²) in [5.74, 6) is 0.594. The molecule has 3 nitrogen and oxygen atoms in total. The minimum Gasteiger partial charge on any atom is -0.328 e. The average molecular weight is 244 g/mol. The Hall–Kier alpha value is -0.350. The molecule has 0 spiro atoms. The van der Waals surface area contributed by atoms with Gasteiger partial charge in [-0.15, -0.1) is 0 Å². The first-order valence-corrected chi connectivity index (χ1v) is 5.40. The van der Waals surface area contributed by atoms with Crippen LogP contribution in [0.15, 0.2) is 10.7 Å². The number of aryl methyl sites for hydroxylation is 1. The second-order valence-corrected chi connectivity index (χ2v) is 4.63. The van der Waals surface area contributed by atoms with E-state index < -0.39 is 0 Å². The molecule has 0 aliphatic heterocycles. The van der Waals surface area contributed by atoms with Crippen molar-refractivity contribution in [2.75, 3.05) is 0 Å². The van der Waals surface area contributed by atoms with Gasteiger partial charge in [-0.05, 0) is 35.2 Å². The van der Waals surface area contributed by atoms with E-state index in [0.29, 0.717) is 12.0 Å². The van der Waals surface area contributed by atoms with Crippen molar-refractivity contribution in [1.29, 1.82) is 0 Å². The molecular formula is C9H14BrN3. The fraction of sp³-hybridized carbons (Fsp3) is 0.667. The molecule has 1 aromatic heterocycles. The molecular weight excluding hydrogens is 230 g/mol. The number of hydrogen-bond acceptors (Lipinski definition) is 2. The zero-order chi connectivity index (χ0) is 9.42. The van der Waals surface area contributed by atoms with Gasteiger partial charge in [0.2, 0.25) is 0 Å². The molecule has 0 aromatic carbocycles. The van der Waals surface area contributed by atoms with E-state index in [4.69, 9.17) is 5.73 Å². The van der Waals surface area contributed by atoms with Gasteiger partial charge >= 0.3 is 0 Å². The molecule has 1 heterocycles. The molecule has 1 aliphatic rings. The molecule has 0 bridgehead atoms. The SMILES string of the molecule is Cn1ncc(Br)c1C1CCC(N)C1. The van der Waals surface area contributed by atoms with Crippen molar-refractivity contribution in [2.24, 2.45) is 12.8 Å². The van der Waals surface area contributed by atoms with E-state index >= 15 is 0 Å². The zero-order valence-electron chi connectivity index (χ0n) is 7.70. The third-order valence-electron chi connectivity index (χ3n) is 2.80. The second kappa shape index (κ2) is 3.42. The summed E-state index contributed by atoms with van der Waals surface area (Å²) in [6.45, 7) is 0. The standard InChI is InChI=1S/C9H14BrN3/c1-13-9(8(10)5-12-13)6-2-3-7(11)4-6/h5-7H,2-4,11H2,1H3. The van der Waals surface area contributed by atoms with E-state index in [1.807, 2.05) is 17.9 Å². The normalized spacial score (nSPS) is 28.2. The summed E-state index contributed by atoms with van der Waals surface area (Å²) in [5.41, 5.74) is 7.19. The number of nitrogens with two attached hydrogens (primary N) is 1. The lowest BCUT2D eigenvalue weighted by Gasteiger charge is -2.10. The third kappa shape index (κ3) is 1.65. The van der Waals surface area contributed by atoms with Crippen molar-refractivity contribution in [3.05, 3.63) is 16.4 Å². The molecule has 2 N–H and O–H groups in total. The van der Waals surface area contributed by atoms with Crippen LogP contribution in [0.5, 0.6) is 0 Å². The number of aromatic nitrogens is 2. The molecule has 13 heavy (non-hydrogen) atoms. The minimum atomic E-state index is 0.381. The Labute approximate surface area is 86.4 Å². The molecule has 0 amide bonds. The summed E-state index contributed by atoms with van der Waals surface area (Å²) < 4.78 is 3.07. The molecule has 1 saturated carbocycles. The highest BCUT2D eigenvalue weighted by Gasteiger charge is 2.26. The Kier molecular flexibility index (Phi) is 2.43. The first kappa shape index (κ1) is 9.21. The zero-order valence-corrected chi connectivity index (χ0v) is 9.29. The molecule has 2 unspecified atom stereocenters. The Bertz CT molecular complexity index is 288. The third-order valence-corrected chi connectivity index (χ3v) is 3.41. The van der Waals surface area contributed by atoms with Gasteiger partial charge in [-0.2, -0.15) is 5.10 Å². The lowest BCUT2D eigenvalue weighted by molar-refractivity contribution is 0.604. The smallest absolute Gasteiger partial charge is 0.0635 e. The minimum absolute atomic E-state index is 0.381. The molecule has 1 aliphatic carbocycles. The van der Waals surface area contributed by atoms with Gasteiger partial charge in [0, 0.05) is 19.0 Å². The summed E-state index contributed by atoms with van der Waals surface area (Å²) in [4.78, 5) is 0. The van der Waals surface area contributed by atoms with Gasteiger partial charge < -0.3 is 5.73 Å². The maximum Gasteiger partial charge on any atom is 0.0635 e. The van der Waals surface area contributed by atoms with Gasteiger partial charge in [0.1, 0.15) is 0 Å². The van der Waals surface area contributed by atoms with Crippen molar-refractivity contribution < 1.29 is 0 Å². The monoisotopic (exact) mass is 243 g/mol. The molecule has 2 rings (SSSR count). The highest BCUT2D eigenvalue weighted by molar-refractivity contribution is 9.10. The maximum atomic E-state index is 5.89. The van der Waals surface area contributed by atoms with Gasteiger partial charge in [-0.1, -0.05) is 0 Å². The largest absolute Gasteiger partial charge is 0.328 e. The highest BCUT2D eigenvalue weighted by Crippen LogP contribution is 2.36. The summed E-state index contributed by atoms with van der Waals surface area (Å²) in [5, 5.41) is 4.21. The van der Waals surface area contributed by atoms with Crippen LogP contribution in [-0.4, -0.2) is 15.8 Å². The number of hydrogen-bond donors (Lipinski definition) is 1. The van der Waals surface area contributed by atoms with Gasteiger partial charge in [-0.25, -0.2) is 0 Å². The van der Waals surface area contributed by atoms with Crippen molar-refractivity contribution in [3.8, 4) is 0 Å². The summed E-state index contributed by atoms with van der Waals surface area (Å²) in [6, 6.07) is 0.381. The van der Waals surface area contributed by atoms with Crippen LogP contribution in [0.1, 0.15) is 30.9 Å². The van der Waals surface area contributed by atoms with Crippen molar-refractivity contribution in [1.82, 2.24) is 9.78 Å². The van der Waals surface area contributed by atoms with Crippen LogP contribution in [0.2, 0.25) is 0 Å².